The molecule has 4 heterocycles. The van der Waals surface area contributed by atoms with E-state index in [2.05, 4.69) is 25.6 Å². The molecule has 5 rings (SSSR count). The van der Waals surface area contributed by atoms with E-state index in [0.717, 1.165) is 38.4 Å². The predicted molar refractivity (Wildman–Crippen MR) is 111 cm³/mol. The molecule has 1 aliphatic heterocycles. The summed E-state index contributed by atoms with van der Waals surface area (Å²) in [5.41, 5.74) is -0.867. The molecule has 1 atom stereocenters. The van der Waals surface area contributed by atoms with Crippen LogP contribution in [0.25, 0.3) is 22.2 Å². The van der Waals surface area contributed by atoms with Crippen LogP contribution in [0, 0.1) is 5.92 Å². The van der Waals surface area contributed by atoms with Crippen molar-refractivity contribution in [2.75, 3.05) is 18.4 Å². The van der Waals surface area contributed by atoms with E-state index in [1.165, 1.54) is 6.20 Å². The minimum Gasteiger partial charge on any atom is -0.356 e. The lowest BCUT2D eigenvalue weighted by Gasteiger charge is -2.24. The van der Waals surface area contributed by atoms with Gasteiger partial charge >= 0.3 is 6.18 Å². The van der Waals surface area contributed by atoms with Crippen LogP contribution in [0.4, 0.5) is 19.1 Å². The van der Waals surface area contributed by atoms with Gasteiger partial charge in [-0.2, -0.15) is 13.2 Å². The number of halogens is 3. The molecule has 3 aromatic rings. The van der Waals surface area contributed by atoms with E-state index in [1.54, 1.807) is 16.8 Å². The fourth-order valence-electron chi connectivity index (χ4n) is 4.10. The van der Waals surface area contributed by atoms with Gasteiger partial charge in [-0.15, -0.1) is 0 Å². The van der Waals surface area contributed by atoms with Gasteiger partial charge in [-0.05, 0) is 44.2 Å². The van der Waals surface area contributed by atoms with Crippen LogP contribution in [0.15, 0.2) is 29.5 Å². The predicted octanol–water partition coefficient (Wildman–Crippen LogP) is 3.38. The van der Waals surface area contributed by atoms with Crippen LogP contribution in [0.5, 0.6) is 0 Å². The van der Waals surface area contributed by atoms with E-state index >= 15 is 0 Å². The van der Waals surface area contributed by atoms with Crippen LogP contribution in [-0.2, 0) is 12.7 Å². The number of anilines is 1. The number of aromatic nitrogens is 4. The van der Waals surface area contributed by atoms with Gasteiger partial charge < -0.3 is 20.2 Å². The molecule has 10 heteroatoms. The first-order valence-electron chi connectivity index (χ1n) is 10.5. The van der Waals surface area contributed by atoms with Crippen molar-refractivity contribution in [1.82, 2.24) is 24.8 Å². The molecule has 164 valence electrons. The highest BCUT2D eigenvalue weighted by Gasteiger charge is 2.36. The number of hydrogen-bond acceptors (Lipinski definition) is 5. The van der Waals surface area contributed by atoms with Crippen LogP contribution in [-0.4, -0.2) is 38.7 Å². The van der Waals surface area contributed by atoms with Gasteiger partial charge in [0.2, 0.25) is 5.95 Å². The van der Waals surface area contributed by atoms with Crippen molar-refractivity contribution in [3.8, 4) is 11.3 Å². The zero-order valence-corrected chi connectivity index (χ0v) is 16.8. The Balaban J connectivity index is 1.57. The van der Waals surface area contributed by atoms with Gasteiger partial charge in [-0.1, -0.05) is 0 Å². The smallest absolute Gasteiger partial charge is 0.356 e. The number of aromatic amines is 1. The number of piperidine rings is 1. The standard InChI is InChI=1S/C21H23F3N6O/c22-21(23,24)16-10-27-20(28-13-2-1-6-25-8-13)29-17(16)15-9-26-18-14(15)5-7-30(19(18)31)11-12-3-4-12/h5,7,9-10,12-13,25-26H,1-4,6,8,11H2,(H,27,28,29). The summed E-state index contributed by atoms with van der Waals surface area (Å²) in [4.78, 5) is 23.8. The van der Waals surface area contributed by atoms with Crippen molar-refractivity contribution >= 4 is 16.9 Å². The molecule has 1 unspecified atom stereocenters. The van der Waals surface area contributed by atoms with Crippen molar-refractivity contribution in [3.05, 3.63) is 40.6 Å². The quantitative estimate of drug-likeness (QED) is 0.575. The maximum absolute atomic E-state index is 13.7. The summed E-state index contributed by atoms with van der Waals surface area (Å²) in [7, 11) is 0. The van der Waals surface area contributed by atoms with Crippen molar-refractivity contribution in [3.63, 3.8) is 0 Å². The normalized spacial score (nSPS) is 19.6. The summed E-state index contributed by atoms with van der Waals surface area (Å²) in [5, 5.41) is 6.80. The Morgan fingerprint density at radius 2 is 2.10 bits per heavy atom. The highest BCUT2D eigenvalue weighted by atomic mass is 19.4. The number of nitrogens with zero attached hydrogens (tertiary/aromatic N) is 3. The molecule has 1 aliphatic carbocycles. The minimum absolute atomic E-state index is 0.0518. The third-order valence-electron chi connectivity index (χ3n) is 5.95. The fraction of sp³-hybridized carbons (Fsp3) is 0.476. The average molecular weight is 432 g/mol. The zero-order valence-electron chi connectivity index (χ0n) is 16.8. The molecule has 0 amide bonds. The molecule has 3 aromatic heterocycles. The van der Waals surface area contributed by atoms with Gasteiger partial charge in [0.05, 0.1) is 5.69 Å². The van der Waals surface area contributed by atoms with Gasteiger partial charge in [-0.3, -0.25) is 4.79 Å². The van der Waals surface area contributed by atoms with E-state index < -0.39 is 11.7 Å². The van der Waals surface area contributed by atoms with Gasteiger partial charge in [0.15, 0.2) is 0 Å². The van der Waals surface area contributed by atoms with Crippen molar-refractivity contribution in [1.29, 1.82) is 0 Å². The number of fused-ring (bicyclic) bond motifs is 1. The number of H-pyrrole nitrogens is 1. The molecule has 1 saturated carbocycles. The van der Waals surface area contributed by atoms with E-state index in [1.807, 2.05) is 0 Å². The van der Waals surface area contributed by atoms with Crippen LogP contribution in [0.1, 0.15) is 31.2 Å². The van der Waals surface area contributed by atoms with Gasteiger partial charge in [0.1, 0.15) is 11.1 Å². The van der Waals surface area contributed by atoms with Crippen LogP contribution in [0.2, 0.25) is 0 Å². The molecule has 3 N–H and O–H groups in total. The zero-order chi connectivity index (χ0) is 21.6. The number of nitrogens with one attached hydrogen (secondary N) is 3. The van der Waals surface area contributed by atoms with Crippen LogP contribution in [0.3, 0.4) is 0 Å². The monoisotopic (exact) mass is 432 g/mol. The second kappa shape index (κ2) is 7.67. The first-order valence-corrected chi connectivity index (χ1v) is 10.5. The van der Waals surface area contributed by atoms with E-state index in [9.17, 15) is 18.0 Å². The maximum Gasteiger partial charge on any atom is 0.419 e. The average Bonchev–Trinajstić information content (AvgIpc) is 3.45. The highest BCUT2D eigenvalue weighted by Crippen LogP contribution is 2.38. The van der Waals surface area contributed by atoms with E-state index in [0.29, 0.717) is 24.4 Å². The molecule has 7 nitrogen and oxygen atoms in total. The Morgan fingerprint density at radius 1 is 1.26 bits per heavy atom. The molecule has 1 saturated heterocycles. The molecular weight excluding hydrogens is 409 g/mol. The summed E-state index contributed by atoms with van der Waals surface area (Å²) in [6.45, 7) is 2.26. The van der Waals surface area contributed by atoms with Crippen LogP contribution < -0.4 is 16.2 Å². The first-order chi connectivity index (χ1) is 14.9. The minimum atomic E-state index is -4.62. The Bertz CT molecular complexity index is 1160. The molecule has 0 radical (unpaired) electrons. The molecular formula is C21H23F3N6O. The Kier molecular flexibility index (Phi) is 4.96. The van der Waals surface area contributed by atoms with Gasteiger partial charge in [0, 0.05) is 48.7 Å². The number of pyridine rings is 1. The second-order valence-corrected chi connectivity index (χ2v) is 8.35. The van der Waals surface area contributed by atoms with E-state index in [-0.39, 0.29) is 34.3 Å². The third-order valence-corrected chi connectivity index (χ3v) is 5.95. The Labute approximate surface area is 176 Å². The molecule has 0 bridgehead atoms. The third kappa shape index (κ3) is 4.04. The largest absolute Gasteiger partial charge is 0.419 e. The fourth-order valence-corrected chi connectivity index (χ4v) is 4.10. The SMILES string of the molecule is O=c1c2[nH]cc(-c3nc(NC4CCCNC4)ncc3C(F)(F)F)c2ccn1CC1CC1. The van der Waals surface area contributed by atoms with Crippen LogP contribution >= 0.6 is 0 Å². The summed E-state index contributed by atoms with van der Waals surface area (Å²) in [6.07, 6.45) is 3.34. The first kappa shape index (κ1) is 20.0. The lowest BCUT2D eigenvalue weighted by molar-refractivity contribution is -0.137. The van der Waals surface area contributed by atoms with E-state index in [4.69, 9.17) is 0 Å². The molecule has 31 heavy (non-hydrogen) atoms. The molecule has 2 fully saturated rings. The number of hydrogen-bond donors (Lipinski definition) is 3. The van der Waals surface area contributed by atoms with Crippen molar-refractivity contribution < 1.29 is 13.2 Å². The highest BCUT2D eigenvalue weighted by molar-refractivity contribution is 5.94. The molecule has 0 aromatic carbocycles. The van der Waals surface area contributed by atoms with Gasteiger partial charge in [-0.25, -0.2) is 9.97 Å². The van der Waals surface area contributed by atoms with Gasteiger partial charge in [0.25, 0.3) is 5.56 Å². The topological polar surface area (TPSA) is 87.6 Å². The lowest BCUT2D eigenvalue weighted by atomic mass is 10.1. The summed E-state index contributed by atoms with van der Waals surface area (Å²) in [6, 6.07) is 1.74. The molecule has 2 aliphatic rings. The van der Waals surface area contributed by atoms with Crippen molar-refractivity contribution in [2.45, 2.75) is 44.4 Å². The maximum atomic E-state index is 13.7. The number of rotatable bonds is 5. The summed E-state index contributed by atoms with van der Waals surface area (Å²) >= 11 is 0. The lowest BCUT2D eigenvalue weighted by Crippen LogP contribution is -2.38. The summed E-state index contributed by atoms with van der Waals surface area (Å²) in [5.74, 6) is 0.652. The summed E-state index contributed by atoms with van der Waals surface area (Å²) < 4.78 is 42.8. The Hall–Kier alpha value is -2.88. The second-order valence-electron chi connectivity index (χ2n) is 8.35. The number of alkyl halides is 3. The molecule has 0 spiro atoms. The van der Waals surface area contributed by atoms with Crippen molar-refractivity contribution in [2.24, 2.45) is 5.92 Å². The Morgan fingerprint density at radius 3 is 2.81 bits per heavy atom.